The topological polar surface area (TPSA) is 84.7 Å². The molecule has 26 heavy (non-hydrogen) atoms. The van der Waals surface area contributed by atoms with E-state index in [1.807, 2.05) is 36.1 Å². The number of carbonyl (C=O) groups excluding carboxylic acids is 2. The molecule has 2 aliphatic heterocycles. The Balaban J connectivity index is 1.88. The van der Waals surface area contributed by atoms with Gasteiger partial charge in [-0.05, 0) is 37.8 Å². The minimum atomic E-state index is -0.508. The second kappa shape index (κ2) is 8.36. The molecule has 2 heterocycles. The van der Waals surface area contributed by atoms with Crippen molar-refractivity contribution in [3.63, 3.8) is 0 Å². The lowest BCUT2D eigenvalue weighted by Crippen LogP contribution is -2.50. The number of rotatable bonds is 1. The average Bonchev–Trinajstić information content (AvgIpc) is 3.05. The van der Waals surface area contributed by atoms with Crippen molar-refractivity contribution in [2.75, 3.05) is 13.2 Å². The zero-order chi connectivity index (χ0) is 18.5. The summed E-state index contributed by atoms with van der Waals surface area (Å²) in [6, 6.07) is 6.65. The van der Waals surface area contributed by atoms with E-state index in [2.05, 4.69) is 5.32 Å². The van der Waals surface area contributed by atoms with Crippen molar-refractivity contribution in [1.29, 1.82) is 0 Å². The molecule has 3 rings (SSSR count). The second-order valence-corrected chi connectivity index (χ2v) is 6.84. The predicted octanol–water partition coefficient (Wildman–Crippen LogP) is 1.85. The number of nitrogens with zero attached hydrogens (tertiary/aromatic N) is 1. The quantitative estimate of drug-likeness (QED) is 0.751. The summed E-state index contributed by atoms with van der Waals surface area (Å²) in [5, 5.41) is 3.10. The SMILES string of the molecule is CC[C@@H]1[C@@H]2CCN1C(=O)C(N)CC/C=C\COc1ccccc1C(=O)N2. The summed E-state index contributed by atoms with van der Waals surface area (Å²) < 4.78 is 5.76. The first kappa shape index (κ1) is 18.5. The van der Waals surface area contributed by atoms with Crippen LogP contribution in [0.1, 0.15) is 43.0 Å². The van der Waals surface area contributed by atoms with E-state index in [4.69, 9.17) is 10.5 Å². The summed E-state index contributed by atoms with van der Waals surface area (Å²) in [4.78, 5) is 27.4. The van der Waals surface area contributed by atoms with Crippen molar-refractivity contribution in [2.24, 2.45) is 5.73 Å². The van der Waals surface area contributed by atoms with Crippen LogP contribution in [0.3, 0.4) is 0 Å². The fraction of sp³-hybridized carbons (Fsp3) is 0.500. The van der Waals surface area contributed by atoms with E-state index in [-0.39, 0.29) is 23.9 Å². The number of carbonyl (C=O) groups is 2. The van der Waals surface area contributed by atoms with Gasteiger partial charge < -0.3 is 20.7 Å². The predicted molar refractivity (Wildman–Crippen MR) is 99.9 cm³/mol. The third kappa shape index (κ3) is 3.90. The molecule has 1 aromatic rings. The Morgan fingerprint density at radius 1 is 1.23 bits per heavy atom. The van der Waals surface area contributed by atoms with Crippen LogP contribution >= 0.6 is 0 Å². The first-order valence-corrected chi connectivity index (χ1v) is 9.35. The molecule has 6 nitrogen and oxygen atoms in total. The van der Waals surface area contributed by atoms with Gasteiger partial charge >= 0.3 is 0 Å². The molecule has 0 aliphatic carbocycles. The van der Waals surface area contributed by atoms with E-state index < -0.39 is 6.04 Å². The Morgan fingerprint density at radius 2 is 2.04 bits per heavy atom. The Kier molecular flexibility index (Phi) is 5.93. The van der Waals surface area contributed by atoms with Crippen molar-refractivity contribution in [1.82, 2.24) is 10.2 Å². The summed E-state index contributed by atoms with van der Waals surface area (Å²) in [6.07, 6.45) is 6.72. The van der Waals surface area contributed by atoms with Crippen molar-refractivity contribution in [2.45, 2.75) is 50.7 Å². The number of hydrogen-bond donors (Lipinski definition) is 2. The molecule has 1 aromatic carbocycles. The standard InChI is InChI=1S/C20H27N3O3/c1-2-17-16-11-12-23(17)20(25)15(21)9-4-3-7-13-26-18-10-6-5-8-14(18)19(24)22-16/h3,5-8,10,15-17H,2,4,9,11-13,21H2,1H3,(H,22,24)/b7-3-/t15?,16-,17+/m0/s1. The third-order valence-electron chi connectivity index (χ3n) is 5.16. The molecule has 2 bridgehead atoms. The van der Waals surface area contributed by atoms with Crippen molar-refractivity contribution in [3.05, 3.63) is 42.0 Å². The smallest absolute Gasteiger partial charge is 0.255 e. The van der Waals surface area contributed by atoms with Crippen LogP contribution in [0.2, 0.25) is 0 Å². The number of ether oxygens (including phenoxy) is 1. The van der Waals surface area contributed by atoms with Crippen LogP contribution in [0, 0.1) is 0 Å². The van der Waals surface area contributed by atoms with Crippen LogP contribution in [0.15, 0.2) is 36.4 Å². The van der Waals surface area contributed by atoms with Crippen molar-refractivity contribution >= 4 is 11.8 Å². The molecule has 1 saturated heterocycles. The van der Waals surface area contributed by atoms with Crippen LogP contribution in [-0.2, 0) is 4.79 Å². The van der Waals surface area contributed by atoms with Gasteiger partial charge in [-0.25, -0.2) is 0 Å². The molecule has 0 saturated carbocycles. The lowest BCUT2D eigenvalue weighted by molar-refractivity contribution is -0.133. The molecular weight excluding hydrogens is 330 g/mol. The lowest BCUT2D eigenvalue weighted by Gasteiger charge is -2.29. The van der Waals surface area contributed by atoms with Crippen LogP contribution in [0.5, 0.6) is 5.75 Å². The number of amides is 2. The van der Waals surface area contributed by atoms with Gasteiger partial charge in [0.15, 0.2) is 0 Å². The maximum Gasteiger partial charge on any atom is 0.255 e. The molecule has 3 N–H and O–H groups in total. The van der Waals surface area contributed by atoms with Gasteiger partial charge in [0, 0.05) is 6.54 Å². The molecule has 3 atom stereocenters. The van der Waals surface area contributed by atoms with Crippen LogP contribution < -0.4 is 15.8 Å². The highest BCUT2D eigenvalue weighted by atomic mass is 16.5. The Labute approximate surface area is 154 Å². The number of hydrogen-bond acceptors (Lipinski definition) is 4. The van der Waals surface area contributed by atoms with Crippen LogP contribution in [0.25, 0.3) is 0 Å². The summed E-state index contributed by atoms with van der Waals surface area (Å²) in [6.45, 7) is 3.04. The first-order chi connectivity index (χ1) is 12.6. The highest BCUT2D eigenvalue weighted by Gasteiger charge is 2.38. The normalized spacial score (nSPS) is 28.4. The summed E-state index contributed by atoms with van der Waals surface area (Å²) in [7, 11) is 0. The van der Waals surface area contributed by atoms with Gasteiger partial charge in [0.25, 0.3) is 5.91 Å². The van der Waals surface area contributed by atoms with Crippen LogP contribution in [-0.4, -0.2) is 48.0 Å². The molecule has 0 radical (unpaired) electrons. The van der Waals surface area contributed by atoms with Gasteiger partial charge in [-0.3, -0.25) is 9.59 Å². The molecule has 1 fully saturated rings. The Morgan fingerprint density at radius 3 is 2.85 bits per heavy atom. The highest BCUT2D eigenvalue weighted by Crippen LogP contribution is 2.24. The molecule has 2 aliphatic rings. The minimum absolute atomic E-state index is 0.0199. The maximum atomic E-state index is 12.8. The molecule has 0 aromatic heterocycles. The van der Waals surface area contributed by atoms with Gasteiger partial charge in [-0.2, -0.15) is 0 Å². The van der Waals surface area contributed by atoms with Gasteiger partial charge in [0.2, 0.25) is 5.91 Å². The maximum absolute atomic E-state index is 12.8. The zero-order valence-electron chi connectivity index (χ0n) is 15.2. The molecular formula is C20H27N3O3. The minimum Gasteiger partial charge on any atom is -0.489 e. The van der Waals surface area contributed by atoms with Crippen LogP contribution in [0.4, 0.5) is 0 Å². The molecule has 6 heteroatoms. The number of allylic oxidation sites excluding steroid dienone is 1. The van der Waals surface area contributed by atoms with Gasteiger partial charge in [0.05, 0.1) is 23.7 Å². The van der Waals surface area contributed by atoms with E-state index in [9.17, 15) is 9.59 Å². The fourth-order valence-electron chi connectivity index (χ4n) is 3.76. The average molecular weight is 357 g/mol. The lowest BCUT2D eigenvalue weighted by atomic mass is 10.0. The number of nitrogens with two attached hydrogens (primary N) is 1. The molecule has 140 valence electrons. The van der Waals surface area contributed by atoms with E-state index in [0.717, 1.165) is 19.3 Å². The van der Waals surface area contributed by atoms with E-state index in [1.165, 1.54) is 0 Å². The molecule has 2 amide bonds. The van der Waals surface area contributed by atoms with E-state index >= 15 is 0 Å². The monoisotopic (exact) mass is 357 g/mol. The summed E-state index contributed by atoms with van der Waals surface area (Å²) in [5.41, 5.74) is 6.63. The van der Waals surface area contributed by atoms with Crippen molar-refractivity contribution < 1.29 is 14.3 Å². The molecule has 1 unspecified atom stereocenters. The Bertz CT molecular complexity index is 689. The largest absolute Gasteiger partial charge is 0.489 e. The Hall–Kier alpha value is -2.34. The molecule has 0 spiro atoms. The number of fused-ring (bicyclic) bond motifs is 3. The zero-order valence-corrected chi connectivity index (χ0v) is 15.2. The fourth-order valence-corrected chi connectivity index (χ4v) is 3.76. The second-order valence-electron chi connectivity index (χ2n) is 6.84. The summed E-state index contributed by atoms with van der Waals surface area (Å²) >= 11 is 0. The first-order valence-electron chi connectivity index (χ1n) is 9.35. The third-order valence-corrected chi connectivity index (χ3v) is 5.16. The van der Waals surface area contributed by atoms with Gasteiger partial charge in [0.1, 0.15) is 12.4 Å². The summed E-state index contributed by atoms with van der Waals surface area (Å²) in [5.74, 6) is 0.384. The van der Waals surface area contributed by atoms with Gasteiger partial charge in [-0.1, -0.05) is 31.2 Å². The van der Waals surface area contributed by atoms with Crippen molar-refractivity contribution in [3.8, 4) is 5.75 Å². The number of benzene rings is 1. The van der Waals surface area contributed by atoms with E-state index in [1.54, 1.807) is 12.1 Å². The van der Waals surface area contributed by atoms with E-state index in [0.29, 0.717) is 30.9 Å². The van der Waals surface area contributed by atoms with Gasteiger partial charge in [-0.15, -0.1) is 0 Å². The highest BCUT2D eigenvalue weighted by molar-refractivity contribution is 5.97. The number of nitrogens with one attached hydrogen (secondary N) is 1. The number of para-hydroxylation sites is 1.